The van der Waals surface area contributed by atoms with Crippen molar-refractivity contribution < 1.29 is 9.53 Å². The van der Waals surface area contributed by atoms with Crippen LogP contribution in [0.4, 0.5) is 0 Å². The second kappa shape index (κ2) is 6.61. The number of aromatic nitrogens is 1. The Kier molecular flexibility index (Phi) is 5.44. The zero-order valence-electron chi connectivity index (χ0n) is 10.4. The van der Waals surface area contributed by atoms with Crippen molar-refractivity contribution in [3.8, 4) is 0 Å². The van der Waals surface area contributed by atoms with Gasteiger partial charge in [-0.15, -0.1) is 0 Å². The molecular formula is C12H14Cl2N2O2. The van der Waals surface area contributed by atoms with Crippen LogP contribution in [0.25, 0.3) is 5.57 Å². The Morgan fingerprint density at radius 2 is 2.11 bits per heavy atom. The molecule has 6 heteroatoms. The fraction of sp³-hybridized carbons (Fsp3) is 0.333. The van der Waals surface area contributed by atoms with Gasteiger partial charge in [-0.3, -0.25) is 0 Å². The van der Waals surface area contributed by atoms with E-state index in [0.29, 0.717) is 16.3 Å². The molecule has 1 heterocycles. The number of hydrogen-bond donors (Lipinski definition) is 0. The van der Waals surface area contributed by atoms with Crippen molar-refractivity contribution in [1.82, 2.24) is 9.88 Å². The maximum atomic E-state index is 11.9. The first-order valence-electron chi connectivity index (χ1n) is 5.33. The summed E-state index contributed by atoms with van der Waals surface area (Å²) in [6.07, 6.45) is 1.62. The van der Waals surface area contributed by atoms with Gasteiger partial charge in [0.15, 0.2) is 0 Å². The van der Waals surface area contributed by atoms with E-state index in [2.05, 4.69) is 4.98 Å². The third-order valence-corrected chi connectivity index (χ3v) is 2.33. The summed E-state index contributed by atoms with van der Waals surface area (Å²) < 4.78 is 4.98. The van der Waals surface area contributed by atoms with E-state index < -0.39 is 5.97 Å². The SMILES string of the molecule is CCOC(=O)/C(=C\N(C)C)c1cc(Cl)cc(Cl)n1. The molecule has 98 valence electrons. The van der Waals surface area contributed by atoms with Crippen molar-refractivity contribution in [2.24, 2.45) is 0 Å². The lowest BCUT2D eigenvalue weighted by atomic mass is 10.2. The second-order valence-electron chi connectivity index (χ2n) is 3.72. The highest BCUT2D eigenvalue weighted by molar-refractivity contribution is 6.34. The zero-order chi connectivity index (χ0) is 13.7. The van der Waals surface area contributed by atoms with E-state index in [-0.39, 0.29) is 11.8 Å². The molecule has 1 aromatic heterocycles. The number of esters is 1. The number of carbonyl (C=O) groups is 1. The molecule has 0 aromatic carbocycles. The second-order valence-corrected chi connectivity index (χ2v) is 4.54. The van der Waals surface area contributed by atoms with Crippen LogP contribution in [0.3, 0.4) is 0 Å². The topological polar surface area (TPSA) is 42.4 Å². The van der Waals surface area contributed by atoms with Gasteiger partial charge in [-0.2, -0.15) is 0 Å². The van der Waals surface area contributed by atoms with Crippen LogP contribution in [-0.4, -0.2) is 36.6 Å². The number of hydrogen-bond acceptors (Lipinski definition) is 4. The molecule has 0 N–H and O–H groups in total. The summed E-state index contributed by atoms with van der Waals surface area (Å²) >= 11 is 11.7. The molecule has 1 rings (SSSR count). The first kappa shape index (κ1) is 14.8. The van der Waals surface area contributed by atoms with Crippen molar-refractivity contribution >= 4 is 34.7 Å². The van der Waals surface area contributed by atoms with Crippen molar-refractivity contribution in [3.63, 3.8) is 0 Å². The fourth-order valence-corrected chi connectivity index (χ4v) is 1.77. The molecule has 0 spiro atoms. The van der Waals surface area contributed by atoms with Crippen LogP contribution in [0.1, 0.15) is 12.6 Å². The maximum Gasteiger partial charge on any atom is 0.341 e. The van der Waals surface area contributed by atoms with E-state index in [9.17, 15) is 4.79 Å². The van der Waals surface area contributed by atoms with Gasteiger partial charge < -0.3 is 9.64 Å². The Balaban J connectivity index is 3.21. The van der Waals surface area contributed by atoms with E-state index in [0.717, 1.165) is 0 Å². The van der Waals surface area contributed by atoms with Crippen molar-refractivity contribution in [1.29, 1.82) is 0 Å². The van der Waals surface area contributed by atoms with Crippen LogP contribution in [0.5, 0.6) is 0 Å². The summed E-state index contributed by atoms with van der Waals surface area (Å²) in [6.45, 7) is 2.03. The average molecular weight is 289 g/mol. The van der Waals surface area contributed by atoms with Crippen molar-refractivity contribution in [3.05, 3.63) is 34.2 Å². The third kappa shape index (κ3) is 4.20. The predicted molar refractivity (Wildman–Crippen MR) is 72.6 cm³/mol. The Hall–Kier alpha value is -1.26. The lowest BCUT2D eigenvalue weighted by Gasteiger charge is -2.11. The predicted octanol–water partition coefficient (Wildman–Crippen LogP) is 2.85. The summed E-state index contributed by atoms with van der Waals surface area (Å²) in [5, 5.41) is 0.644. The van der Waals surface area contributed by atoms with Crippen molar-refractivity contribution in [2.75, 3.05) is 20.7 Å². The average Bonchev–Trinajstić information content (AvgIpc) is 2.24. The Bertz CT molecular complexity index is 453. The highest BCUT2D eigenvalue weighted by Gasteiger charge is 2.16. The van der Waals surface area contributed by atoms with Gasteiger partial charge in [0.2, 0.25) is 0 Å². The molecule has 4 nitrogen and oxygen atoms in total. The lowest BCUT2D eigenvalue weighted by molar-refractivity contribution is -0.136. The standard InChI is InChI=1S/C12H14Cl2N2O2/c1-4-18-12(17)9(7-16(2)3)10-5-8(13)6-11(14)15-10/h5-7H,4H2,1-3H3/b9-7-. The number of ether oxygens (including phenoxy) is 1. The van der Waals surface area contributed by atoms with E-state index in [1.165, 1.54) is 6.07 Å². The highest BCUT2D eigenvalue weighted by atomic mass is 35.5. The van der Waals surface area contributed by atoms with Crippen LogP contribution in [0, 0.1) is 0 Å². The number of carbonyl (C=O) groups excluding carboxylic acids is 1. The molecule has 0 fully saturated rings. The molecule has 0 unspecified atom stereocenters. The minimum absolute atomic E-state index is 0.228. The smallest absolute Gasteiger partial charge is 0.341 e. The molecule has 0 saturated carbocycles. The molecule has 0 bridgehead atoms. The molecule has 0 aliphatic carbocycles. The molecular weight excluding hydrogens is 275 g/mol. The van der Waals surface area contributed by atoms with E-state index in [4.69, 9.17) is 27.9 Å². The summed E-state index contributed by atoms with van der Waals surface area (Å²) in [4.78, 5) is 17.7. The van der Waals surface area contributed by atoms with Gasteiger partial charge in [0.1, 0.15) is 10.7 Å². The van der Waals surface area contributed by atoms with Crippen LogP contribution in [-0.2, 0) is 9.53 Å². The monoisotopic (exact) mass is 288 g/mol. The molecule has 0 atom stereocenters. The normalized spacial score (nSPS) is 11.3. The molecule has 0 amide bonds. The number of nitrogens with zero attached hydrogens (tertiary/aromatic N) is 2. The molecule has 0 radical (unpaired) electrons. The van der Waals surface area contributed by atoms with Gasteiger partial charge in [-0.05, 0) is 19.1 Å². The van der Waals surface area contributed by atoms with Crippen molar-refractivity contribution in [2.45, 2.75) is 6.92 Å². The Labute approximate surface area is 116 Å². The van der Waals surface area contributed by atoms with Gasteiger partial charge in [0.05, 0.1) is 12.3 Å². The summed E-state index contributed by atoms with van der Waals surface area (Å²) in [5.74, 6) is -0.461. The zero-order valence-corrected chi connectivity index (χ0v) is 11.9. The third-order valence-electron chi connectivity index (χ3n) is 1.92. The maximum absolute atomic E-state index is 11.9. The van der Waals surface area contributed by atoms with E-state index in [1.54, 1.807) is 38.2 Å². The van der Waals surface area contributed by atoms with Gasteiger partial charge in [0.25, 0.3) is 0 Å². The van der Waals surface area contributed by atoms with Crippen LogP contribution in [0.15, 0.2) is 18.3 Å². The lowest BCUT2D eigenvalue weighted by Crippen LogP contribution is -2.12. The minimum Gasteiger partial charge on any atom is -0.462 e. The number of pyridine rings is 1. The first-order valence-corrected chi connectivity index (χ1v) is 6.08. The molecule has 0 saturated heterocycles. The van der Waals surface area contributed by atoms with Crippen LogP contribution < -0.4 is 0 Å². The Morgan fingerprint density at radius 1 is 1.44 bits per heavy atom. The van der Waals surface area contributed by atoms with Gasteiger partial charge in [-0.25, -0.2) is 9.78 Å². The van der Waals surface area contributed by atoms with E-state index in [1.807, 2.05) is 0 Å². The van der Waals surface area contributed by atoms with Gasteiger partial charge in [-0.1, -0.05) is 23.2 Å². The van der Waals surface area contributed by atoms with E-state index >= 15 is 0 Å². The summed E-state index contributed by atoms with van der Waals surface area (Å²) in [5.41, 5.74) is 0.700. The molecule has 0 aliphatic rings. The minimum atomic E-state index is -0.461. The highest BCUT2D eigenvalue weighted by Crippen LogP contribution is 2.22. The first-order chi connectivity index (χ1) is 8.43. The molecule has 0 aliphatic heterocycles. The molecule has 18 heavy (non-hydrogen) atoms. The van der Waals surface area contributed by atoms with Gasteiger partial charge in [0, 0.05) is 25.3 Å². The molecule has 1 aromatic rings. The van der Waals surface area contributed by atoms with Gasteiger partial charge >= 0.3 is 5.97 Å². The Morgan fingerprint density at radius 3 is 2.61 bits per heavy atom. The largest absolute Gasteiger partial charge is 0.462 e. The van der Waals surface area contributed by atoms with Crippen LogP contribution in [0.2, 0.25) is 10.2 Å². The fourth-order valence-electron chi connectivity index (χ4n) is 1.29. The summed E-state index contributed by atoms with van der Waals surface area (Å²) in [7, 11) is 3.59. The quantitative estimate of drug-likeness (QED) is 0.485. The number of rotatable bonds is 4. The number of halogens is 2. The van der Waals surface area contributed by atoms with Crippen LogP contribution >= 0.6 is 23.2 Å². The summed E-state index contributed by atoms with van der Waals surface area (Å²) in [6, 6.07) is 3.07.